The van der Waals surface area contributed by atoms with E-state index in [0.29, 0.717) is 30.9 Å². The first kappa shape index (κ1) is 19.3. The lowest BCUT2D eigenvalue weighted by Gasteiger charge is -2.36. The average Bonchev–Trinajstić information content (AvgIpc) is 3.05. The number of piperazine rings is 1. The van der Waals surface area contributed by atoms with Crippen molar-refractivity contribution in [3.05, 3.63) is 82.7 Å². The zero-order valence-electron chi connectivity index (χ0n) is 16.3. The van der Waals surface area contributed by atoms with Crippen LogP contribution in [-0.2, 0) is 0 Å². The Morgan fingerprint density at radius 2 is 1.97 bits per heavy atom. The molecule has 1 aliphatic rings. The maximum Gasteiger partial charge on any atom is 0.254 e. The van der Waals surface area contributed by atoms with E-state index >= 15 is 0 Å². The predicted octanol–water partition coefficient (Wildman–Crippen LogP) is 3.55. The summed E-state index contributed by atoms with van der Waals surface area (Å²) in [5.41, 5.74) is 2.88. The van der Waals surface area contributed by atoms with Gasteiger partial charge in [0, 0.05) is 30.9 Å². The summed E-state index contributed by atoms with van der Waals surface area (Å²) >= 11 is 0. The Kier molecular flexibility index (Phi) is 5.15. The molecule has 1 atom stereocenters. The maximum absolute atomic E-state index is 14.8. The number of nitrogens with one attached hydrogen (secondary N) is 1. The minimum atomic E-state index is -0.514. The Hall–Kier alpha value is -3.06. The standard InChI is InChI=1S/C22H22F2N4O/c1-14-10-15(2)28(26-14)20-7-6-17(12-19(20)24)22(29)27-9-8-25-13-21(27)16-4-3-5-18(23)11-16/h3-7,10-12,21,25H,8-9,13H2,1-2H3. The first-order valence-corrected chi connectivity index (χ1v) is 9.54. The molecule has 3 aromatic rings. The fourth-order valence-corrected chi connectivity index (χ4v) is 3.81. The summed E-state index contributed by atoms with van der Waals surface area (Å²) in [6.45, 7) is 5.30. The number of carbonyl (C=O) groups excluding carboxylic acids is 1. The van der Waals surface area contributed by atoms with Gasteiger partial charge in [-0.1, -0.05) is 12.1 Å². The molecule has 5 nitrogen and oxygen atoms in total. The molecule has 0 bridgehead atoms. The second-order valence-electron chi connectivity index (χ2n) is 7.28. The van der Waals surface area contributed by atoms with Crippen LogP contribution in [0.25, 0.3) is 5.69 Å². The molecule has 0 spiro atoms. The zero-order valence-corrected chi connectivity index (χ0v) is 16.3. The van der Waals surface area contributed by atoms with Crippen molar-refractivity contribution in [2.45, 2.75) is 19.9 Å². The molecule has 2 heterocycles. The number of nitrogens with zero attached hydrogens (tertiary/aromatic N) is 3. The molecule has 2 aromatic carbocycles. The van der Waals surface area contributed by atoms with E-state index in [1.165, 1.54) is 22.9 Å². The summed E-state index contributed by atoms with van der Waals surface area (Å²) in [5.74, 6) is -1.14. The van der Waals surface area contributed by atoms with Gasteiger partial charge >= 0.3 is 0 Å². The van der Waals surface area contributed by atoms with Crippen molar-refractivity contribution in [1.29, 1.82) is 0 Å². The van der Waals surface area contributed by atoms with Crippen LogP contribution in [0.2, 0.25) is 0 Å². The van der Waals surface area contributed by atoms with E-state index in [1.54, 1.807) is 29.2 Å². The van der Waals surface area contributed by atoms with E-state index in [-0.39, 0.29) is 23.3 Å². The number of aryl methyl sites for hydroxylation is 2. The van der Waals surface area contributed by atoms with Gasteiger partial charge in [-0.3, -0.25) is 4.79 Å². The van der Waals surface area contributed by atoms with Crippen LogP contribution in [0.4, 0.5) is 8.78 Å². The summed E-state index contributed by atoms with van der Waals surface area (Å²) in [4.78, 5) is 14.8. The van der Waals surface area contributed by atoms with Gasteiger partial charge in [0.1, 0.15) is 17.3 Å². The lowest BCUT2D eigenvalue weighted by atomic mass is 10.0. The SMILES string of the molecule is Cc1cc(C)n(-c2ccc(C(=O)N3CCNCC3c3cccc(F)c3)cc2F)n1. The number of carbonyl (C=O) groups is 1. The highest BCUT2D eigenvalue weighted by Gasteiger charge is 2.29. The molecule has 0 aliphatic carbocycles. The highest BCUT2D eigenvalue weighted by molar-refractivity contribution is 5.94. The van der Waals surface area contributed by atoms with E-state index < -0.39 is 5.82 Å². The third kappa shape index (κ3) is 3.78. The van der Waals surface area contributed by atoms with Crippen LogP contribution in [0, 0.1) is 25.5 Å². The Bertz CT molecular complexity index is 1060. The molecule has 1 amide bonds. The molecule has 7 heteroatoms. The van der Waals surface area contributed by atoms with Crippen molar-refractivity contribution < 1.29 is 13.6 Å². The van der Waals surface area contributed by atoms with Crippen LogP contribution in [0.1, 0.15) is 33.4 Å². The quantitative estimate of drug-likeness (QED) is 0.737. The summed E-state index contributed by atoms with van der Waals surface area (Å²) in [6, 6.07) is 12.2. The lowest BCUT2D eigenvalue weighted by molar-refractivity contribution is 0.0633. The fourth-order valence-electron chi connectivity index (χ4n) is 3.81. The highest BCUT2D eigenvalue weighted by atomic mass is 19.1. The van der Waals surface area contributed by atoms with Crippen LogP contribution >= 0.6 is 0 Å². The van der Waals surface area contributed by atoms with E-state index in [1.807, 2.05) is 19.9 Å². The largest absolute Gasteiger partial charge is 0.329 e. The highest BCUT2D eigenvalue weighted by Crippen LogP contribution is 2.26. The van der Waals surface area contributed by atoms with Gasteiger partial charge in [0.05, 0.1) is 11.7 Å². The number of benzene rings is 2. The molecule has 1 unspecified atom stereocenters. The van der Waals surface area contributed by atoms with Gasteiger partial charge < -0.3 is 10.2 Å². The van der Waals surface area contributed by atoms with Gasteiger partial charge in [-0.05, 0) is 55.8 Å². The van der Waals surface area contributed by atoms with Crippen molar-refractivity contribution >= 4 is 5.91 Å². The molecule has 1 aliphatic heterocycles. The van der Waals surface area contributed by atoms with Crippen molar-refractivity contribution in [3.63, 3.8) is 0 Å². The van der Waals surface area contributed by atoms with Crippen molar-refractivity contribution in [3.8, 4) is 5.69 Å². The molecule has 29 heavy (non-hydrogen) atoms. The van der Waals surface area contributed by atoms with Crippen LogP contribution in [-0.4, -0.2) is 40.2 Å². The summed E-state index contributed by atoms with van der Waals surface area (Å²) in [5, 5.41) is 7.54. The Morgan fingerprint density at radius 3 is 2.66 bits per heavy atom. The predicted molar refractivity (Wildman–Crippen MR) is 106 cm³/mol. The fraction of sp³-hybridized carbons (Fsp3) is 0.273. The van der Waals surface area contributed by atoms with E-state index in [9.17, 15) is 13.6 Å². The second-order valence-corrected chi connectivity index (χ2v) is 7.28. The number of aromatic nitrogens is 2. The Balaban J connectivity index is 1.64. The number of halogens is 2. The van der Waals surface area contributed by atoms with Gasteiger partial charge in [-0.2, -0.15) is 5.10 Å². The van der Waals surface area contributed by atoms with Gasteiger partial charge in [0.2, 0.25) is 0 Å². The first-order valence-electron chi connectivity index (χ1n) is 9.54. The minimum Gasteiger partial charge on any atom is -0.329 e. The van der Waals surface area contributed by atoms with Gasteiger partial charge in [0.15, 0.2) is 0 Å². The van der Waals surface area contributed by atoms with Gasteiger partial charge in [-0.25, -0.2) is 13.5 Å². The molecular weight excluding hydrogens is 374 g/mol. The van der Waals surface area contributed by atoms with Crippen molar-refractivity contribution in [1.82, 2.24) is 20.0 Å². The van der Waals surface area contributed by atoms with E-state index in [4.69, 9.17) is 0 Å². The zero-order chi connectivity index (χ0) is 20.5. The van der Waals surface area contributed by atoms with Crippen molar-refractivity contribution in [2.75, 3.05) is 19.6 Å². The average molecular weight is 396 g/mol. The van der Waals surface area contributed by atoms with E-state index in [0.717, 1.165) is 11.4 Å². The topological polar surface area (TPSA) is 50.2 Å². The van der Waals surface area contributed by atoms with E-state index in [2.05, 4.69) is 10.4 Å². The number of hydrogen-bond donors (Lipinski definition) is 1. The Morgan fingerprint density at radius 1 is 1.14 bits per heavy atom. The molecular formula is C22H22F2N4O. The van der Waals surface area contributed by atoms with Crippen LogP contribution in [0.3, 0.4) is 0 Å². The molecule has 0 radical (unpaired) electrons. The van der Waals surface area contributed by atoms with Gasteiger partial charge in [-0.15, -0.1) is 0 Å². The smallest absolute Gasteiger partial charge is 0.254 e. The van der Waals surface area contributed by atoms with Crippen molar-refractivity contribution in [2.24, 2.45) is 0 Å². The third-order valence-electron chi connectivity index (χ3n) is 5.17. The molecule has 4 rings (SSSR count). The lowest BCUT2D eigenvalue weighted by Crippen LogP contribution is -2.48. The molecule has 1 saturated heterocycles. The third-order valence-corrected chi connectivity index (χ3v) is 5.17. The van der Waals surface area contributed by atoms with Crippen LogP contribution in [0.5, 0.6) is 0 Å². The molecule has 1 aromatic heterocycles. The molecule has 0 saturated carbocycles. The van der Waals surface area contributed by atoms with Crippen LogP contribution in [0.15, 0.2) is 48.5 Å². The monoisotopic (exact) mass is 396 g/mol. The number of amides is 1. The molecule has 150 valence electrons. The van der Waals surface area contributed by atoms with Gasteiger partial charge in [0.25, 0.3) is 5.91 Å². The molecule has 1 N–H and O–H groups in total. The first-order chi connectivity index (χ1) is 13.9. The summed E-state index contributed by atoms with van der Waals surface area (Å²) < 4.78 is 30.0. The normalized spacial score (nSPS) is 16.8. The Labute approximate surface area is 168 Å². The summed E-state index contributed by atoms with van der Waals surface area (Å²) in [7, 11) is 0. The maximum atomic E-state index is 14.8. The number of rotatable bonds is 3. The summed E-state index contributed by atoms with van der Waals surface area (Å²) in [6.07, 6.45) is 0. The second kappa shape index (κ2) is 7.75. The number of hydrogen-bond acceptors (Lipinski definition) is 3. The molecule has 1 fully saturated rings. The minimum absolute atomic E-state index is 0.260. The van der Waals surface area contributed by atoms with Crippen LogP contribution < -0.4 is 5.32 Å².